The van der Waals surface area contributed by atoms with Crippen molar-refractivity contribution < 1.29 is 8.42 Å². The van der Waals surface area contributed by atoms with Crippen molar-refractivity contribution >= 4 is 62.2 Å². The molecule has 36 heavy (non-hydrogen) atoms. The van der Waals surface area contributed by atoms with E-state index in [0.717, 1.165) is 35.1 Å². The first kappa shape index (κ1) is 24.7. The van der Waals surface area contributed by atoms with Crippen LogP contribution in [-0.4, -0.2) is 8.42 Å². The molecule has 0 saturated heterocycles. The molecular formula is C29H20Cl3NO2S. The van der Waals surface area contributed by atoms with Gasteiger partial charge in [-0.2, -0.15) is 0 Å². The highest BCUT2D eigenvalue weighted by Crippen LogP contribution is 2.34. The lowest BCUT2D eigenvalue weighted by Gasteiger charge is -2.10. The van der Waals surface area contributed by atoms with Gasteiger partial charge in [-0.05, 0) is 89.2 Å². The molecule has 1 aliphatic carbocycles. The molecule has 3 nitrogen and oxygen atoms in total. The Balaban J connectivity index is 1.53. The lowest BCUT2D eigenvalue weighted by Crippen LogP contribution is -2.12. The first-order chi connectivity index (χ1) is 17.3. The summed E-state index contributed by atoms with van der Waals surface area (Å²) in [6.45, 7) is 0. The van der Waals surface area contributed by atoms with Crippen LogP contribution in [0.2, 0.25) is 15.1 Å². The van der Waals surface area contributed by atoms with Crippen LogP contribution in [0.4, 0.5) is 5.69 Å². The van der Waals surface area contributed by atoms with Crippen molar-refractivity contribution in [1.29, 1.82) is 0 Å². The van der Waals surface area contributed by atoms with Gasteiger partial charge < -0.3 is 0 Å². The van der Waals surface area contributed by atoms with Gasteiger partial charge in [-0.15, -0.1) is 5.73 Å². The van der Waals surface area contributed by atoms with E-state index in [1.165, 1.54) is 29.3 Å². The molecule has 7 heteroatoms. The molecule has 5 rings (SSSR count). The fourth-order valence-electron chi connectivity index (χ4n) is 4.27. The van der Waals surface area contributed by atoms with E-state index in [2.05, 4.69) is 22.6 Å². The zero-order valence-electron chi connectivity index (χ0n) is 18.9. The Kier molecular flexibility index (Phi) is 6.98. The summed E-state index contributed by atoms with van der Waals surface area (Å²) in [7, 11) is -3.84. The Labute approximate surface area is 225 Å². The van der Waals surface area contributed by atoms with Gasteiger partial charge in [-0.25, -0.2) is 8.42 Å². The van der Waals surface area contributed by atoms with Crippen molar-refractivity contribution in [2.75, 3.05) is 4.72 Å². The highest BCUT2D eigenvalue weighted by molar-refractivity contribution is 7.92. The number of benzene rings is 4. The van der Waals surface area contributed by atoms with Gasteiger partial charge in [0.05, 0.1) is 14.9 Å². The summed E-state index contributed by atoms with van der Waals surface area (Å²) in [6.07, 6.45) is 3.68. The molecule has 0 aromatic heterocycles. The fourth-order valence-corrected chi connectivity index (χ4v) is 5.90. The van der Waals surface area contributed by atoms with Crippen molar-refractivity contribution in [3.63, 3.8) is 0 Å². The minimum atomic E-state index is -3.84. The van der Waals surface area contributed by atoms with E-state index >= 15 is 0 Å². The molecule has 0 atom stereocenters. The average Bonchev–Trinajstić information content (AvgIpc) is 3.01. The minimum Gasteiger partial charge on any atom is -0.280 e. The molecule has 4 aromatic carbocycles. The van der Waals surface area contributed by atoms with Crippen LogP contribution >= 0.6 is 34.8 Å². The Morgan fingerprint density at radius 1 is 0.750 bits per heavy atom. The molecule has 0 saturated carbocycles. The quantitative estimate of drug-likeness (QED) is 0.259. The first-order valence-corrected chi connectivity index (χ1v) is 13.8. The van der Waals surface area contributed by atoms with E-state index in [4.69, 9.17) is 34.8 Å². The van der Waals surface area contributed by atoms with Gasteiger partial charge in [0.15, 0.2) is 0 Å². The molecule has 1 N–H and O–H groups in total. The molecule has 0 unspecified atom stereocenters. The third-order valence-corrected chi connectivity index (χ3v) is 8.36. The summed E-state index contributed by atoms with van der Waals surface area (Å²) < 4.78 is 28.3. The van der Waals surface area contributed by atoms with Gasteiger partial charge in [0.2, 0.25) is 0 Å². The zero-order chi connectivity index (χ0) is 25.3. The van der Waals surface area contributed by atoms with E-state index in [1.807, 2.05) is 42.5 Å². The van der Waals surface area contributed by atoms with Gasteiger partial charge in [0, 0.05) is 16.3 Å². The Bertz CT molecular complexity index is 1660. The lowest BCUT2D eigenvalue weighted by atomic mass is 9.94. The largest absolute Gasteiger partial charge is 0.280 e. The van der Waals surface area contributed by atoms with Crippen molar-refractivity contribution in [1.82, 2.24) is 0 Å². The molecule has 0 amide bonds. The first-order valence-electron chi connectivity index (χ1n) is 11.2. The summed E-state index contributed by atoms with van der Waals surface area (Å²) in [5, 5.41) is 1.18. The molecule has 4 aromatic rings. The highest BCUT2D eigenvalue weighted by Gasteiger charge is 2.18. The normalized spacial score (nSPS) is 12.7. The smallest absolute Gasteiger partial charge is 0.261 e. The fraction of sp³-hybridized carbons (Fsp3) is 0.0690. The van der Waals surface area contributed by atoms with Crippen molar-refractivity contribution in [2.45, 2.75) is 17.7 Å². The number of rotatable bonds is 4. The summed E-state index contributed by atoms with van der Waals surface area (Å²) in [5.74, 6) is 0. The van der Waals surface area contributed by atoms with Gasteiger partial charge in [0.1, 0.15) is 0 Å². The monoisotopic (exact) mass is 551 g/mol. The standard InChI is InChI=1S/C29H20Cl3NO2S/c30-22-11-14-26-21(17-22)10-9-20-5-1-2-7-25(20)27(26)13-8-19-4-3-6-23(16-19)33-36(34,35)24-12-15-28(31)29(32)18-24/h1-8,11-12,14-18,33H,9-10H2. The average molecular weight is 553 g/mol. The molecule has 0 radical (unpaired) electrons. The molecule has 0 aliphatic heterocycles. The van der Waals surface area contributed by atoms with Gasteiger partial charge >= 0.3 is 0 Å². The molecule has 0 bridgehead atoms. The second kappa shape index (κ2) is 10.2. The maximum absolute atomic E-state index is 12.9. The lowest BCUT2D eigenvalue weighted by molar-refractivity contribution is 0.601. The van der Waals surface area contributed by atoms with Crippen LogP contribution in [0, 0.1) is 0 Å². The van der Waals surface area contributed by atoms with E-state index in [9.17, 15) is 8.42 Å². The SMILES string of the molecule is O=S(=O)(Nc1cccc(C=C=C2c3ccccc3CCc3cc(Cl)ccc32)c1)c1ccc(Cl)c(Cl)c1. The Morgan fingerprint density at radius 3 is 2.36 bits per heavy atom. The summed E-state index contributed by atoms with van der Waals surface area (Å²) in [6, 6.07) is 25.6. The van der Waals surface area contributed by atoms with Crippen LogP contribution in [0.3, 0.4) is 0 Å². The highest BCUT2D eigenvalue weighted by atomic mass is 35.5. The number of hydrogen-bond acceptors (Lipinski definition) is 2. The van der Waals surface area contributed by atoms with E-state index in [1.54, 1.807) is 18.2 Å². The number of halogens is 3. The van der Waals surface area contributed by atoms with Crippen LogP contribution in [0.1, 0.15) is 27.8 Å². The summed E-state index contributed by atoms with van der Waals surface area (Å²) in [4.78, 5) is 0.0327. The van der Waals surface area contributed by atoms with Crippen molar-refractivity contribution in [3.8, 4) is 0 Å². The zero-order valence-corrected chi connectivity index (χ0v) is 22.0. The van der Waals surface area contributed by atoms with Gasteiger partial charge in [0.25, 0.3) is 10.0 Å². The van der Waals surface area contributed by atoms with Gasteiger partial charge in [-0.1, -0.05) is 77.3 Å². The number of fused-ring (bicyclic) bond motifs is 2. The van der Waals surface area contributed by atoms with Crippen LogP contribution in [-0.2, 0) is 22.9 Å². The summed E-state index contributed by atoms with van der Waals surface area (Å²) in [5.41, 5.74) is 10.4. The predicted octanol–water partition coefficient (Wildman–Crippen LogP) is 8.29. The van der Waals surface area contributed by atoms with Crippen LogP contribution < -0.4 is 4.72 Å². The van der Waals surface area contributed by atoms with E-state index in [-0.39, 0.29) is 9.92 Å². The Morgan fingerprint density at radius 2 is 1.53 bits per heavy atom. The third-order valence-electron chi connectivity index (χ3n) is 6.01. The second-order valence-corrected chi connectivity index (χ2v) is 11.4. The van der Waals surface area contributed by atoms with Gasteiger partial charge in [-0.3, -0.25) is 4.72 Å². The van der Waals surface area contributed by atoms with Crippen LogP contribution in [0.5, 0.6) is 0 Å². The molecular weight excluding hydrogens is 533 g/mol. The van der Waals surface area contributed by atoms with E-state index < -0.39 is 10.0 Å². The van der Waals surface area contributed by atoms with Crippen LogP contribution in [0.15, 0.2) is 95.6 Å². The maximum Gasteiger partial charge on any atom is 0.261 e. The number of nitrogens with one attached hydrogen (secondary N) is 1. The molecule has 1 aliphatic rings. The third kappa shape index (κ3) is 5.24. The molecule has 180 valence electrons. The number of aryl methyl sites for hydroxylation is 2. The molecule has 0 heterocycles. The predicted molar refractivity (Wildman–Crippen MR) is 150 cm³/mol. The van der Waals surface area contributed by atoms with Crippen molar-refractivity contribution in [2.24, 2.45) is 0 Å². The minimum absolute atomic E-state index is 0.0327. The topological polar surface area (TPSA) is 46.2 Å². The number of hydrogen-bond donors (Lipinski definition) is 1. The second-order valence-electron chi connectivity index (χ2n) is 8.43. The number of sulfonamides is 1. The molecule has 0 spiro atoms. The molecule has 0 fully saturated rings. The van der Waals surface area contributed by atoms with E-state index in [0.29, 0.717) is 15.7 Å². The number of anilines is 1. The van der Waals surface area contributed by atoms with Crippen molar-refractivity contribution in [3.05, 3.63) is 134 Å². The Hall–Kier alpha value is -2.98. The van der Waals surface area contributed by atoms with Crippen LogP contribution in [0.25, 0.3) is 11.6 Å². The maximum atomic E-state index is 12.9. The summed E-state index contributed by atoms with van der Waals surface area (Å²) >= 11 is 18.2.